The van der Waals surface area contributed by atoms with Crippen molar-refractivity contribution in [1.82, 2.24) is 10.2 Å². The molecule has 0 spiro atoms. The van der Waals surface area contributed by atoms with Crippen molar-refractivity contribution >= 4 is 35.2 Å². The molecule has 2 rings (SSSR count). The molecule has 0 aliphatic rings. The fourth-order valence-electron chi connectivity index (χ4n) is 3.37. The number of alkyl carbamates (subject to hydrolysis) is 1. The quantitative estimate of drug-likeness (QED) is 0.527. The molecule has 0 saturated heterocycles. The van der Waals surface area contributed by atoms with Crippen LogP contribution in [-0.4, -0.2) is 41.0 Å². The van der Waals surface area contributed by atoms with Crippen molar-refractivity contribution in [1.29, 1.82) is 5.26 Å². The second-order valence-electron chi connectivity index (χ2n) is 9.23. The number of anilines is 1. The first kappa shape index (κ1) is 27.7. The summed E-state index contributed by atoms with van der Waals surface area (Å²) in [6.07, 6.45) is -0.779. The predicted molar refractivity (Wildman–Crippen MR) is 135 cm³/mol. The molecule has 2 unspecified atom stereocenters. The molecule has 2 atom stereocenters. The Labute approximate surface area is 211 Å². The van der Waals surface area contributed by atoms with Gasteiger partial charge in [0.2, 0.25) is 5.91 Å². The van der Waals surface area contributed by atoms with E-state index in [1.54, 1.807) is 58.0 Å². The standard InChI is InChI=1S/C26H31ClN4O4/c1-16-10-12-19(13-11-16)22(23(32)30-21-17(2)8-7-9-20(21)27)31(15-14-28)24(33)18(3)29-25(34)35-26(4,5)6/h7-13,18,22H,15H2,1-6H3,(H,29,34)(H,30,32). The Morgan fingerprint density at radius 2 is 1.74 bits per heavy atom. The van der Waals surface area contributed by atoms with E-state index in [-0.39, 0.29) is 6.54 Å². The van der Waals surface area contributed by atoms with E-state index >= 15 is 0 Å². The Kier molecular flexibility index (Phi) is 9.26. The van der Waals surface area contributed by atoms with Crippen molar-refractivity contribution in [3.8, 4) is 6.07 Å². The Morgan fingerprint density at radius 3 is 2.29 bits per heavy atom. The molecule has 2 N–H and O–H groups in total. The summed E-state index contributed by atoms with van der Waals surface area (Å²) in [5.74, 6) is -1.16. The number of benzene rings is 2. The number of carbonyl (C=O) groups is 3. The summed E-state index contributed by atoms with van der Waals surface area (Å²) in [5, 5.41) is 15.1. The zero-order chi connectivity index (χ0) is 26.3. The summed E-state index contributed by atoms with van der Waals surface area (Å²) in [5.41, 5.74) is 1.88. The van der Waals surface area contributed by atoms with Gasteiger partial charge in [0.25, 0.3) is 5.91 Å². The highest BCUT2D eigenvalue weighted by atomic mass is 35.5. The number of ether oxygens (including phenoxy) is 1. The smallest absolute Gasteiger partial charge is 0.408 e. The van der Waals surface area contributed by atoms with Gasteiger partial charge in [0, 0.05) is 0 Å². The molecule has 2 aromatic rings. The minimum Gasteiger partial charge on any atom is -0.444 e. The van der Waals surface area contributed by atoms with Gasteiger partial charge < -0.3 is 20.3 Å². The lowest BCUT2D eigenvalue weighted by atomic mass is 10.0. The van der Waals surface area contributed by atoms with Gasteiger partial charge in [-0.15, -0.1) is 0 Å². The molecule has 8 nitrogen and oxygen atoms in total. The third kappa shape index (κ3) is 7.72. The average molecular weight is 499 g/mol. The molecule has 0 radical (unpaired) electrons. The summed E-state index contributed by atoms with van der Waals surface area (Å²) in [6.45, 7) is 9.90. The van der Waals surface area contributed by atoms with E-state index in [9.17, 15) is 19.6 Å². The fourth-order valence-corrected chi connectivity index (χ4v) is 3.64. The number of hydrogen-bond acceptors (Lipinski definition) is 5. The summed E-state index contributed by atoms with van der Waals surface area (Å²) >= 11 is 6.30. The van der Waals surface area contributed by atoms with Crippen molar-refractivity contribution in [3.63, 3.8) is 0 Å². The molecule has 2 aromatic carbocycles. The topological polar surface area (TPSA) is 112 Å². The average Bonchev–Trinajstić information content (AvgIpc) is 2.75. The second-order valence-corrected chi connectivity index (χ2v) is 9.63. The van der Waals surface area contributed by atoms with Crippen molar-refractivity contribution in [2.75, 3.05) is 11.9 Å². The van der Waals surface area contributed by atoms with Crippen molar-refractivity contribution in [2.24, 2.45) is 0 Å². The van der Waals surface area contributed by atoms with Crippen LogP contribution in [0.3, 0.4) is 0 Å². The van der Waals surface area contributed by atoms with E-state index in [4.69, 9.17) is 16.3 Å². The molecule has 0 aromatic heterocycles. The van der Waals surface area contributed by atoms with E-state index in [0.717, 1.165) is 16.0 Å². The zero-order valence-electron chi connectivity index (χ0n) is 20.8. The highest BCUT2D eigenvalue weighted by Gasteiger charge is 2.35. The van der Waals surface area contributed by atoms with Gasteiger partial charge in [-0.05, 0) is 58.7 Å². The van der Waals surface area contributed by atoms with Crippen LogP contribution >= 0.6 is 11.6 Å². The van der Waals surface area contributed by atoms with Crippen molar-refractivity contribution in [2.45, 2.75) is 59.2 Å². The molecular weight excluding hydrogens is 468 g/mol. The van der Waals surface area contributed by atoms with Gasteiger partial charge >= 0.3 is 6.09 Å². The van der Waals surface area contributed by atoms with Gasteiger partial charge in [-0.2, -0.15) is 5.26 Å². The van der Waals surface area contributed by atoms with Gasteiger partial charge in [0.1, 0.15) is 24.2 Å². The summed E-state index contributed by atoms with van der Waals surface area (Å²) in [7, 11) is 0. The van der Waals surface area contributed by atoms with Gasteiger partial charge in [-0.25, -0.2) is 4.79 Å². The number of nitrogens with zero attached hydrogens (tertiary/aromatic N) is 2. The lowest BCUT2D eigenvalue weighted by molar-refractivity contribution is -0.139. The monoisotopic (exact) mass is 498 g/mol. The van der Waals surface area contributed by atoms with Crippen LogP contribution in [0, 0.1) is 25.2 Å². The van der Waals surface area contributed by atoms with E-state index < -0.39 is 35.6 Å². The molecule has 0 heterocycles. The van der Waals surface area contributed by atoms with Crippen LogP contribution in [0.1, 0.15) is 50.4 Å². The largest absolute Gasteiger partial charge is 0.444 e. The Bertz CT molecular complexity index is 1100. The minimum atomic E-state index is -1.15. The first-order valence-electron chi connectivity index (χ1n) is 11.1. The lowest BCUT2D eigenvalue weighted by Gasteiger charge is -2.32. The number of aryl methyl sites for hydroxylation is 2. The maximum absolute atomic E-state index is 13.6. The van der Waals surface area contributed by atoms with Crippen LogP contribution < -0.4 is 10.6 Å². The number of hydrogen-bond donors (Lipinski definition) is 2. The fraction of sp³-hybridized carbons (Fsp3) is 0.385. The highest BCUT2D eigenvalue weighted by molar-refractivity contribution is 6.34. The van der Waals surface area contributed by atoms with Gasteiger partial charge in [0.15, 0.2) is 0 Å². The van der Waals surface area contributed by atoms with Crippen LogP contribution in [0.5, 0.6) is 0 Å². The minimum absolute atomic E-state index is 0.346. The maximum Gasteiger partial charge on any atom is 0.408 e. The summed E-state index contributed by atoms with van der Waals surface area (Å²) < 4.78 is 5.23. The Morgan fingerprint density at radius 1 is 1.11 bits per heavy atom. The van der Waals surface area contributed by atoms with Crippen molar-refractivity contribution < 1.29 is 19.1 Å². The number of amides is 3. The van der Waals surface area contributed by atoms with Gasteiger partial charge in [0.05, 0.1) is 16.8 Å². The molecular formula is C26H31ClN4O4. The van der Waals surface area contributed by atoms with Crippen LogP contribution in [-0.2, 0) is 14.3 Å². The molecule has 0 bridgehead atoms. The normalized spacial score (nSPS) is 12.6. The maximum atomic E-state index is 13.6. The number of halogens is 1. The van der Waals surface area contributed by atoms with Crippen LogP contribution in [0.2, 0.25) is 5.02 Å². The lowest BCUT2D eigenvalue weighted by Crippen LogP contribution is -2.51. The van der Waals surface area contributed by atoms with Gasteiger partial charge in [-0.1, -0.05) is 53.6 Å². The number of rotatable bonds is 7. The summed E-state index contributed by atoms with van der Waals surface area (Å²) in [6, 6.07) is 12.0. The van der Waals surface area contributed by atoms with Crippen LogP contribution in [0.4, 0.5) is 10.5 Å². The first-order valence-corrected chi connectivity index (χ1v) is 11.5. The number of nitriles is 1. The second kappa shape index (κ2) is 11.7. The number of carbonyl (C=O) groups excluding carboxylic acids is 3. The molecule has 0 aliphatic heterocycles. The van der Waals surface area contributed by atoms with Gasteiger partial charge in [-0.3, -0.25) is 9.59 Å². The van der Waals surface area contributed by atoms with E-state index in [1.165, 1.54) is 6.92 Å². The molecule has 0 aliphatic carbocycles. The van der Waals surface area contributed by atoms with E-state index in [1.807, 2.05) is 25.1 Å². The third-order valence-electron chi connectivity index (χ3n) is 5.05. The third-order valence-corrected chi connectivity index (χ3v) is 5.37. The Hall–Kier alpha value is -3.57. The molecule has 35 heavy (non-hydrogen) atoms. The van der Waals surface area contributed by atoms with E-state index in [2.05, 4.69) is 10.6 Å². The molecule has 186 valence electrons. The number of nitrogens with one attached hydrogen (secondary N) is 2. The first-order chi connectivity index (χ1) is 16.3. The zero-order valence-corrected chi connectivity index (χ0v) is 21.6. The molecule has 9 heteroatoms. The van der Waals surface area contributed by atoms with Crippen molar-refractivity contribution in [3.05, 3.63) is 64.2 Å². The van der Waals surface area contributed by atoms with Crippen LogP contribution in [0.25, 0.3) is 0 Å². The Balaban J connectivity index is 2.43. The number of para-hydroxylation sites is 1. The molecule has 0 saturated carbocycles. The summed E-state index contributed by atoms with van der Waals surface area (Å²) in [4.78, 5) is 40.3. The van der Waals surface area contributed by atoms with Crippen LogP contribution in [0.15, 0.2) is 42.5 Å². The predicted octanol–water partition coefficient (Wildman–Crippen LogP) is 4.90. The van der Waals surface area contributed by atoms with E-state index in [0.29, 0.717) is 16.3 Å². The molecule has 3 amide bonds. The SMILES string of the molecule is Cc1ccc(C(C(=O)Nc2c(C)cccc2Cl)N(CC#N)C(=O)C(C)NC(=O)OC(C)(C)C)cc1. The molecule has 0 fully saturated rings. The highest BCUT2D eigenvalue weighted by Crippen LogP contribution is 2.29.